The van der Waals surface area contributed by atoms with Crippen LogP contribution in [0.15, 0.2) is 0 Å². The molecule has 14 heavy (non-hydrogen) atoms. The van der Waals surface area contributed by atoms with Crippen LogP contribution in [0.5, 0.6) is 0 Å². The van der Waals surface area contributed by atoms with Gasteiger partial charge in [0, 0.05) is 12.6 Å². The first kappa shape index (κ1) is 12.0. The van der Waals surface area contributed by atoms with E-state index in [0.29, 0.717) is 6.04 Å². The summed E-state index contributed by atoms with van der Waals surface area (Å²) < 4.78 is 0. The molecule has 1 atom stereocenters. The fourth-order valence-electron chi connectivity index (χ4n) is 2.20. The second-order valence-electron chi connectivity index (χ2n) is 4.70. The SMILES string of the molecule is CCNC1(C)CCCCN1NC(C)C. The monoisotopic (exact) mass is 199 g/mol. The normalized spacial score (nSPS) is 29.8. The highest BCUT2D eigenvalue weighted by Crippen LogP contribution is 2.23. The van der Waals surface area contributed by atoms with Crippen molar-refractivity contribution in [3.05, 3.63) is 0 Å². The van der Waals surface area contributed by atoms with Crippen molar-refractivity contribution < 1.29 is 0 Å². The van der Waals surface area contributed by atoms with Crippen molar-refractivity contribution in [3.8, 4) is 0 Å². The fourth-order valence-corrected chi connectivity index (χ4v) is 2.20. The van der Waals surface area contributed by atoms with Gasteiger partial charge in [-0.1, -0.05) is 6.92 Å². The molecule has 0 aromatic carbocycles. The van der Waals surface area contributed by atoms with Crippen molar-refractivity contribution in [2.75, 3.05) is 13.1 Å². The van der Waals surface area contributed by atoms with Crippen LogP contribution in [-0.4, -0.2) is 29.8 Å². The first-order valence-electron chi connectivity index (χ1n) is 5.87. The van der Waals surface area contributed by atoms with Gasteiger partial charge in [-0.15, -0.1) is 0 Å². The molecule has 3 nitrogen and oxygen atoms in total. The molecule has 1 saturated heterocycles. The first-order valence-corrected chi connectivity index (χ1v) is 5.87. The molecule has 84 valence electrons. The zero-order chi connectivity index (χ0) is 10.6. The van der Waals surface area contributed by atoms with Crippen LogP contribution in [0.25, 0.3) is 0 Å². The molecule has 2 N–H and O–H groups in total. The summed E-state index contributed by atoms with van der Waals surface area (Å²) in [6.07, 6.45) is 3.88. The Morgan fingerprint density at radius 3 is 2.64 bits per heavy atom. The smallest absolute Gasteiger partial charge is 0.0817 e. The molecule has 0 aromatic rings. The standard InChI is InChI=1S/C11H25N3/c1-5-12-11(4)8-6-7-9-14(11)13-10(2)3/h10,12-13H,5-9H2,1-4H3. The quantitative estimate of drug-likeness (QED) is 0.722. The van der Waals surface area contributed by atoms with E-state index in [4.69, 9.17) is 0 Å². The molecule has 1 fully saturated rings. The molecule has 0 spiro atoms. The van der Waals surface area contributed by atoms with E-state index in [0.717, 1.165) is 13.1 Å². The second-order valence-corrected chi connectivity index (χ2v) is 4.70. The molecule has 1 rings (SSSR count). The van der Waals surface area contributed by atoms with Crippen LogP contribution in [-0.2, 0) is 0 Å². The van der Waals surface area contributed by atoms with Gasteiger partial charge in [-0.2, -0.15) is 0 Å². The lowest BCUT2D eigenvalue weighted by Crippen LogP contribution is -2.64. The van der Waals surface area contributed by atoms with Gasteiger partial charge in [0.2, 0.25) is 0 Å². The average molecular weight is 199 g/mol. The van der Waals surface area contributed by atoms with Gasteiger partial charge in [-0.25, -0.2) is 5.01 Å². The van der Waals surface area contributed by atoms with Crippen molar-refractivity contribution in [2.24, 2.45) is 0 Å². The molecule has 0 aliphatic carbocycles. The van der Waals surface area contributed by atoms with Crippen LogP contribution < -0.4 is 10.7 Å². The van der Waals surface area contributed by atoms with Gasteiger partial charge in [-0.05, 0) is 46.6 Å². The molecular weight excluding hydrogens is 174 g/mol. The highest BCUT2D eigenvalue weighted by molar-refractivity contribution is 4.85. The van der Waals surface area contributed by atoms with E-state index in [1.807, 2.05) is 0 Å². The van der Waals surface area contributed by atoms with Crippen LogP contribution in [0.1, 0.15) is 47.0 Å². The Balaban J connectivity index is 2.57. The van der Waals surface area contributed by atoms with Gasteiger partial charge in [0.1, 0.15) is 0 Å². The highest BCUT2D eigenvalue weighted by atomic mass is 15.6. The number of piperidine rings is 1. The number of hydrogen-bond acceptors (Lipinski definition) is 3. The van der Waals surface area contributed by atoms with E-state index >= 15 is 0 Å². The van der Waals surface area contributed by atoms with Crippen molar-refractivity contribution >= 4 is 0 Å². The Hall–Kier alpha value is -0.120. The molecule has 0 saturated carbocycles. The molecule has 3 heteroatoms. The summed E-state index contributed by atoms with van der Waals surface area (Å²) in [7, 11) is 0. The number of nitrogens with one attached hydrogen (secondary N) is 2. The van der Waals surface area contributed by atoms with E-state index in [1.165, 1.54) is 19.3 Å². The summed E-state index contributed by atoms with van der Waals surface area (Å²) >= 11 is 0. The second kappa shape index (κ2) is 5.10. The lowest BCUT2D eigenvalue weighted by molar-refractivity contribution is -0.0202. The van der Waals surface area contributed by atoms with E-state index in [2.05, 4.69) is 43.4 Å². The molecule has 1 unspecified atom stereocenters. The van der Waals surface area contributed by atoms with Crippen molar-refractivity contribution in [1.29, 1.82) is 0 Å². The van der Waals surface area contributed by atoms with Gasteiger partial charge in [0.05, 0.1) is 5.66 Å². The Morgan fingerprint density at radius 1 is 1.36 bits per heavy atom. The molecular formula is C11H25N3. The summed E-state index contributed by atoms with van der Waals surface area (Å²) in [5, 5.41) is 5.96. The summed E-state index contributed by atoms with van der Waals surface area (Å²) in [5.41, 5.74) is 3.68. The topological polar surface area (TPSA) is 27.3 Å². The van der Waals surface area contributed by atoms with E-state index in [9.17, 15) is 0 Å². The van der Waals surface area contributed by atoms with Crippen molar-refractivity contribution in [3.63, 3.8) is 0 Å². The maximum Gasteiger partial charge on any atom is 0.0817 e. The van der Waals surface area contributed by atoms with E-state index in [-0.39, 0.29) is 5.66 Å². The first-order chi connectivity index (χ1) is 6.58. The van der Waals surface area contributed by atoms with Crippen LogP contribution in [0, 0.1) is 0 Å². The molecule has 0 bridgehead atoms. The molecule has 1 heterocycles. The van der Waals surface area contributed by atoms with Gasteiger partial charge >= 0.3 is 0 Å². The minimum Gasteiger partial charge on any atom is -0.299 e. The van der Waals surface area contributed by atoms with Gasteiger partial charge in [0.15, 0.2) is 0 Å². The maximum absolute atomic E-state index is 3.58. The number of nitrogens with zero attached hydrogens (tertiary/aromatic N) is 1. The van der Waals surface area contributed by atoms with Crippen LogP contribution in [0.3, 0.4) is 0 Å². The Morgan fingerprint density at radius 2 is 2.07 bits per heavy atom. The summed E-state index contributed by atoms with van der Waals surface area (Å²) in [6.45, 7) is 11.1. The predicted molar refractivity (Wildman–Crippen MR) is 60.9 cm³/mol. The van der Waals surface area contributed by atoms with Crippen LogP contribution in [0.2, 0.25) is 0 Å². The summed E-state index contributed by atoms with van der Waals surface area (Å²) in [5.74, 6) is 0. The summed E-state index contributed by atoms with van der Waals surface area (Å²) in [6, 6.07) is 0.520. The zero-order valence-corrected chi connectivity index (χ0v) is 10.1. The van der Waals surface area contributed by atoms with E-state index in [1.54, 1.807) is 0 Å². The molecule has 0 amide bonds. The van der Waals surface area contributed by atoms with Gasteiger partial charge in [0.25, 0.3) is 0 Å². The number of hydrazine groups is 1. The molecule has 1 aliphatic rings. The van der Waals surface area contributed by atoms with Crippen molar-refractivity contribution in [2.45, 2.75) is 58.7 Å². The van der Waals surface area contributed by atoms with Gasteiger partial charge < -0.3 is 0 Å². The van der Waals surface area contributed by atoms with Crippen molar-refractivity contribution in [1.82, 2.24) is 15.8 Å². The Labute approximate surface area is 88.2 Å². The third-order valence-corrected chi connectivity index (χ3v) is 2.86. The van der Waals surface area contributed by atoms with Crippen LogP contribution >= 0.6 is 0 Å². The fraction of sp³-hybridized carbons (Fsp3) is 1.00. The van der Waals surface area contributed by atoms with Crippen LogP contribution in [0.4, 0.5) is 0 Å². The number of rotatable bonds is 4. The summed E-state index contributed by atoms with van der Waals surface area (Å²) in [4.78, 5) is 0. The lowest BCUT2D eigenvalue weighted by Gasteiger charge is -2.46. The predicted octanol–water partition coefficient (Wildman–Crippen LogP) is 1.71. The third kappa shape index (κ3) is 2.94. The largest absolute Gasteiger partial charge is 0.299 e. The molecule has 1 aliphatic heterocycles. The minimum absolute atomic E-state index is 0.150. The highest BCUT2D eigenvalue weighted by Gasteiger charge is 2.33. The Kier molecular flexibility index (Phi) is 4.35. The van der Waals surface area contributed by atoms with E-state index < -0.39 is 0 Å². The molecule has 0 radical (unpaired) electrons. The Bertz CT molecular complexity index is 166. The minimum atomic E-state index is 0.150. The lowest BCUT2D eigenvalue weighted by atomic mass is 9.98. The number of hydrogen-bond donors (Lipinski definition) is 2. The molecule has 0 aromatic heterocycles. The maximum atomic E-state index is 3.58. The average Bonchev–Trinajstić information content (AvgIpc) is 2.09. The zero-order valence-electron chi connectivity index (χ0n) is 10.1. The van der Waals surface area contributed by atoms with Gasteiger partial charge in [-0.3, -0.25) is 10.7 Å². The third-order valence-electron chi connectivity index (χ3n) is 2.86.